The molecule has 0 aromatic heterocycles. The van der Waals surface area contributed by atoms with Gasteiger partial charge in [0, 0.05) is 25.4 Å². The summed E-state index contributed by atoms with van der Waals surface area (Å²) >= 11 is 0. The maximum absolute atomic E-state index is 11.8. The molecule has 3 heteroatoms. The lowest BCUT2D eigenvalue weighted by atomic mass is 9.96. The van der Waals surface area contributed by atoms with Gasteiger partial charge in [0.2, 0.25) is 0 Å². The Balaban J connectivity index is 2.42. The third kappa shape index (κ3) is 2.70. The molecule has 3 nitrogen and oxygen atoms in total. The number of ketones is 1. The molecule has 0 unspecified atom stereocenters. The maximum Gasteiger partial charge on any atom is 0.160 e. The zero-order valence-corrected chi connectivity index (χ0v) is 11.9. The molecule has 0 fully saturated rings. The fourth-order valence-electron chi connectivity index (χ4n) is 2.23. The van der Waals surface area contributed by atoms with Crippen LogP contribution in [0.2, 0.25) is 0 Å². The van der Waals surface area contributed by atoms with Gasteiger partial charge in [-0.25, -0.2) is 0 Å². The summed E-state index contributed by atoms with van der Waals surface area (Å²) in [5, 5.41) is 0. The number of carbonyl (C=O) groups is 1. The third-order valence-corrected chi connectivity index (χ3v) is 3.32. The SMILES string of the molecule is COc1ccc(C2=CC(N(C)C)=CC2)c(C(C)=O)c1. The molecule has 100 valence electrons. The molecule has 0 heterocycles. The first-order chi connectivity index (χ1) is 9.02. The lowest BCUT2D eigenvalue weighted by molar-refractivity contribution is 0.101. The normalized spacial score (nSPS) is 13.9. The molecule has 2 rings (SSSR count). The fourth-order valence-corrected chi connectivity index (χ4v) is 2.23. The monoisotopic (exact) mass is 257 g/mol. The van der Waals surface area contributed by atoms with Crippen molar-refractivity contribution >= 4 is 11.4 Å². The molecule has 0 radical (unpaired) electrons. The molecule has 19 heavy (non-hydrogen) atoms. The first-order valence-electron chi connectivity index (χ1n) is 6.30. The Kier molecular flexibility index (Phi) is 3.74. The van der Waals surface area contributed by atoms with Gasteiger partial charge in [-0.1, -0.05) is 12.1 Å². The Morgan fingerprint density at radius 3 is 2.58 bits per heavy atom. The zero-order valence-electron chi connectivity index (χ0n) is 11.9. The van der Waals surface area contributed by atoms with E-state index in [9.17, 15) is 4.79 Å². The van der Waals surface area contributed by atoms with Gasteiger partial charge in [0.25, 0.3) is 0 Å². The zero-order chi connectivity index (χ0) is 14.0. The summed E-state index contributed by atoms with van der Waals surface area (Å²) in [7, 11) is 5.65. The molecule has 1 aliphatic rings. The molecule has 1 aliphatic carbocycles. The topological polar surface area (TPSA) is 29.5 Å². The van der Waals surface area contributed by atoms with E-state index in [0.29, 0.717) is 5.75 Å². The predicted molar refractivity (Wildman–Crippen MR) is 77.4 cm³/mol. The van der Waals surface area contributed by atoms with E-state index in [-0.39, 0.29) is 5.78 Å². The number of likely N-dealkylation sites (N-methyl/N-ethyl adjacent to an activating group) is 1. The van der Waals surface area contributed by atoms with Crippen LogP contribution in [0.15, 0.2) is 36.0 Å². The Morgan fingerprint density at radius 1 is 1.32 bits per heavy atom. The largest absolute Gasteiger partial charge is 0.497 e. The molecule has 0 N–H and O–H groups in total. The van der Waals surface area contributed by atoms with Gasteiger partial charge >= 0.3 is 0 Å². The minimum atomic E-state index is 0.0631. The number of benzene rings is 1. The van der Waals surface area contributed by atoms with Gasteiger partial charge < -0.3 is 9.64 Å². The first-order valence-corrected chi connectivity index (χ1v) is 6.30. The maximum atomic E-state index is 11.8. The highest BCUT2D eigenvalue weighted by Gasteiger charge is 2.16. The molecule has 0 atom stereocenters. The van der Waals surface area contributed by atoms with E-state index in [1.165, 1.54) is 11.3 Å². The summed E-state index contributed by atoms with van der Waals surface area (Å²) in [6, 6.07) is 5.68. The smallest absolute Gasteiger partial charge is 0.160 e. The van der Waals surface area contributed by atoms with E-state index in [2.05, 4.69) is 17.1 Å². The highest BCUT2D eigenvalue weighted by Crippen LogP contribution is 2.32. The second-order valence-electron chi connectivity index (χ2n) is 4.86. The predicted octanol–water partition coefficient (Wildman–Crippen LogP) is 3.13. The Morgan fingerprint density at radius 2 is 2.05 bits per heavy atom. The molecule has 1 aromatic carbocycles. The van der Waals surface area contributed by atoms with Crippen molar-refractivity contribution in [2.75, 3.05) is 21.2 Å². The van der Waals surface area contributed by atoms with Crippen LogP contribution in [0.4, 0.5) is 0 Å². The average Bonchev–Trinajstić information content (AvgIpc) is 2.87. The van der Waals surface area contributed by atoms with Crippen molar-refractivity contribution in [2.45, 2.75) is 13.3 Å². The number of nitrogens with zero attached hydrogens (tertiary/aromatic N) is 1. The van der Waals surface area contributed by atoms with Crippen LogP contribution in [0, 0.1) is 0 Å². The summed E-state index contributed by atoms with van der Waals surface area (Å²) in [5.41, 5.74) is 4.08. The van der Waals surface area contributed by atoms with Crippen molar-refractivity contribution in [3.05, 3.63) is 47.2 Å². The van der Waals surface area contributed by atoms with Gasteiger partial charge in [-0.15, -0.1) is 0 Å². The number of rotatable bonds is 4. The number of ether oxygens (including phenoxy) is 1. The summed E-state index contributed by atoms with van der Waals surface area (Å²) in [6.45, 7) is 1.59. The van der Waals surface area contributed by atoms with E-state index >= 15 is 0 Å². The molecular weight excluding hydrogens is 238 g/mol. The highest BCUT2D eigenvalue weighted by molar-refractivity contribution is 6.00. The van der Waals surface area contributed by atoms with Crippen LogP contribution >= 0.6 is 0 Å². The molecule has 0 saturated carbocycles. The average molecular weight is 257 g/mol. The molecule has 0 amide bonds. The lowest BCUT2D eigenvalue weighted by Crippen LogP contribution is -2.07. The molecule has 0 saturated heterocycles. The molecule has 0 spiro atoms. The van der Waals surface area contributed by atoms with Crippen LogP contribution < -0.4 is 4.74 Å². The van der Waals surface area contributed by atoms with Crippen LogP contribution in [-0.2, 0) is 0 Å². The van der Waals surface area contributed by atoms with Crippen LogP contribution in [0.1, 0.15) is 29.3 Å². The van der Waals surface area contributed by atoms with Crippen molar-refractivity contribution in [3.63, 3.8) is 0 Å². The summed E-state index contributed by atoms with van der Waals surface area (Å²) in [6.07, 6.45) is 5.16. The number of methoxy groups -OCH3 is 1. The quantitative estimate of drug-likeness (QED) is 0.776. The summed E-state index contributed by atoms with van der Waals surface area (Å²) in [4.78, 5) is 13.9. The Labute approximate surface area is 114 Å². The number of hydrogen-bond acceptors (Lipinski definition) is 3. The molecule has 0 bridgehead atoms. The van der Waals surface area contributed by atoms with Crippen LogP contribution in [0.5, 0.6) is 5.75 Å². The van der Waals surface area contributed by atoms with E-state index in [1.807, 2.05) is 32.3 Å². The first kappa shape index (κ1) is 13.4. The number of Topliss-reactive ketones (excluding diaryl/α,β-unsaturated/α-hetero) is 1. The standard InChI is InChI=1S/C16H19NO2/c1-11(18)16-10-14(19-4)7-8-15(16)12-5-6-13(9-12)17(2)3/h6-10H,5H2,1-4H3. The fraction of sp³-hybridized carbons (Fsp3) is 0.312. The summed E-state index contributed by atoms with van der Waals surface area (Å²) in [5.74, 6) is 0.779. The molecule has 0 aliphatic heterocycles. The van der Waals surface area contributed by atoms with E-state index in [0.717, 1.165) is 17.5 Å². The van der Waals surface area contributed by atoms with Crippen molar-refractivity contribution in [1.29, 1.82) is 0 Å². The van der Waals surface area contributed by atoms with Gasteiger partial charge in [0.15, 0.2) is 5.78 Å². The minimum absolute atomic E-state index is 0.0631. The van der Waals surface area contributed by atoms with Crippen molar-refractivity contribution < 1.29 is 9.53 Å². The number of allylic oxidation sites excluding steroid dienone is 3. The summed E-state index contributed by atoms with van der Waals surface area (Å²) < 4.78 is 5.19. The van der Waals surface area contributed by atoms with Gasteiger partial charge in [-0.2, -0.15) is 0 Å². The number of hydrogen-bond donors (Lipinski definition) is 0. The van der Waals surface area contributed by atoms with Gasteiger partial charge in [0.05, 0.1) is 7.11 Å². The number of carbonyl (C=O) groups excluding carboxylic acids is 1. The second-order valence-corrected chi connectivity index (χ2v) is 4.86. The van der Waals surface area contributed by atoms with Gasteiger partial charge in [-0.05, 0) is 42.7 Å². The Hall–Kier alpha value is -2.03. The third-order valence-electron chi connectivity index (χ3n) is 3.32. The van der Waals surface area contributed by atoms with Crippen LogP contribution in [-0.4, -0.2) is 31.9 Å². The van der Waals surface area contributed by atoms with Crippen molar-refractivity contribution in [1.82, 2.24) is 4.90 Å². The van der Waals surface area contributed by atoms with Crippen molar-refractivity contribution in [2.24, 2.45) is 0 Å². The lowest BCUT2D eigenvalue weighted by Gasteiger charge is -2.12. The minimum Gasteiger partial charge on any atom is -0.497 e. The van der Waals surface area contributed by atoms with Crippen LogP contribution in [0.3, 0.4) is 0 Å². The van der Waals surface area contributed by atoms with Crippen molar-refractivity contribution in [3.8, 4) is 5.75 Å². The molecular formula is C16H19NO2. The van der Waals surface area contributed by atoms with Gasteiger partial charge in [0.1, 0.15) is 5.75 Å². The van der Waals surface area contributed by atoms with Gasteiger partial charge in [-0.3, -0.25) is 4.79 Å². The highest BCUT2D eigenvalue weighted by atomic mass is 16.5. The Bertz CT molecular complexity index is 568. The molecule has 1 aromatic rings. The van der Waals surface area contributed by atoms with E-state index in [1.54, 1.807) is 14.0 Å². The second kappa shape index (κ2) is 5.31. The van der Waals surface area contributed by atoms with E-state index in [4.69, 9.17) is 4.74 Å². The van der Waals surface area contributed by atoms with E-state index < -0.39 is 0 Å². The van der Waals surface area contributed by atoms with Crippen LogP contribution in [0.25, 0.3) is 5.57 Å².